The summed E-state index contributed by atoms with van der Waals surface area (Å²) in [5.41, 5.74) is 8.39. The summed E-state index contributed by atoms with van der Waals surface area (Å²) in [5.74, 6) is 1.29. The number of fused-ring (bicyclic) bond motifs is 1. The van der Waals surface area contributed by atoms with Gasteiger partial charge in [0.25, 0.3) is 0 Å². The summed E-state index contributed by atoms with van der Waals surface area (Å²) in [4.78, 5) is 4.43. The van der Waals surface area contributed by atoms with Gasteiger partial charge in [-0.3, -0.25) is 0 Å². The second kappa shape index (κ2) is 6.12. The van der Waals surface area contributed by atoms with Crippen LogP contribution < -0.4 is 15.2 Å². The zero-order chi connectivity index (χ0) is 15.5. The van der Waals surface area contributed by atoms with Gasteiger partial charge in [-0.05, 0) is 35.9 Å². The van der Waals surface area contributed by atoms with Crippen molar-refractivity contribution in [3.63, 3.8) is 0 Å². The molecule has 0 amide bonds. The van der Waals surface area contributed by atoms with Gasteiger partial charge in [-0.25, -0.2) is 4.98 Å². The highest BCUT2D eigenvalue weighted by Crippen LogP contribution is 2.26. The number of hydrogen-bond acceptors (Lipinski definition) is 4. The fraction of sp³-hybridized carbons (Fsp3) is 0.118. The first kappa shape index (κ1) is 14.5. The number of rotatable bonds is 4. The smallest absolute Gasteiger partial charge is 0.216 e. The molecule has 22 heavy (non-hydrogen) atoms. The summed E-state index contributed by atoms with van der Waals surface area (Å²) in [6, 6.07) is 14.8. The Morgan fingerprint density at radius 1 is 1.09 bits per heavy atom. The van der Waals surface area contributed by atoms with Gasteiger partial charge in [0.1, 0.15) is 12.4 Å². The molecule has 5 heteroatoms. The number of pyridine rings is 1. The molecule has 3 rings (SSSR count). The molecule has 1 aromatic heterocycles. The first-order valence-electron chi connectivity index (χ1n) is 6.77. The van der Waals surface area contributed by atoms with E-state index in [9.17, 15) is 0 Å². The minimum Gasteiger partial charge on any atom is -0.497 e. The summed E-state index contributed by atoms with van der Waals surface area (Å²) in [5, 5.41) is 1.48. The van der Waals surface area contributed by atoms with Crippen molar-refractivity contribution in [2.45, 2.75) is 6.61 Å². The van der Waals surface area contributed by atoms with Crippen LogP contribution in [-0.4, -0.2) is 12.1 Å². The van der Waals surface area contributed by atoms with Crippen molar-refractivity contribution in [3.05, 3.63) is 59.1 Å². The number of anilines is 1. The summed E-state index contributed by atoms with van der Waals surface area (Å²) < 4.78 is 10.8. The minimum absolute atomic E-state index is 0.405. The third-order valence-electron chi connectivity index (χ3n) is 3.33. The second-order valence-corrected chi connectivity index (χ2v) is 5.28. The van der Waals surface area contributed by atoms with E-state index in [1.54, 1.807) is 25.3 Å². The van der Waals surface area contributed by atoms with E-state index in [2.05, 4.69) is 4.98 Å². The van der Waals surface area contributed by atoms with Gasteiger partial charge in [0, 0.05) is 22.2 Å². The van der Waals surface area contributed by atoms with Gasteiger partial charge < -0.3 is 15.2 Å². The second-order valence-electron chi connectivity index (χ2n) is 4.85. The predicted molar refractivity (Wildman–Crippen MR) is 88.5 cm³/mol. The van der Waals surface area contributed by atoms with E-state index in [1.807, 2.05) is 30.3 Å². The Kier molecular flexibility index (Phi) is 4.02. The number of aromatic nitrogens is 1. The molecule has 0 fully saturated rings. The van der Waals surface area contributed by atoms with Gasteiger partial charge in [-0.15, -0.1) is 0 Å². The summed E-state index contributed by atoms with van der Waals surface area (Å²) in [7, 11) is 1.64. The van der Waals surface area contributed by atoms with Gasteiger partial charge >= 0.3 is 0 Å². The molecule has 0 bridgehead atoms. The number of hydrogen-bond donors (Lipinski definition) is 1. The van der Waals surface area contributed by atoms with Crippen LogP contribution in [0.15, 0.2) is 48.5 Å². The van der Waals surface area contributed by atoms with E-state index in [0.29, 0.717) is 23.2 Å². The molecule has 112 valence electrons. The highest BCUT2D eigenvalue weighted by atomic mass is 35.5. The zero-order valence-corrected chi connectivity index (χ0v) is 12.8. The van der Waals surface area contributed by atoms with E-state index in [0.717, 1.165) is 22.2 Å². The normalized spacial score (nSPS) is 10.6. The van der Waals surface area contributed by atoms with Gasteiger partial charge in [-0.1, -0.05) is 23.7 Å². The Hall–Kier alpha value is -2.46. The lowest BCUT2D eigenvalue weighted by Crippen LogP contribution is -1.99. The fourth-order valence-corrected chi connectivity index (χ4v) is 2.32. The van der Waals surface area contributed by atoms with E-state index >= 15 is 0 Å². The molecule has 0 atom stereocenters. The molecular weight excluding hydrogens is 300 g/mol. The number of methoxy groups -OCH3 is 1. The van der Waals surface area contributed by atoms with Gasteiger partial charge in [0.2, 0.25) is 5.88 Å². The first-order valence-corrected chi connectivity index (χ1v) is 7.15. The topological polar surface area (TPSA) is 57.4 Å². The number of nitrogens with zero attached hydrogens (tertiary/aromatic N) is 1. The van der Waals surface area contributed by atoms with Crippen LogP contribution in [0.4, 0.5) is 5.69 Å². The SMILES string of the molecule is COc1ccc(COc2cc(N)c3ccc(Cl)cc3n2)cc1. The van der Waals surface area contributed by atoms with Gasteiger partial charge in [-0.2, -0.15) is 0 Å². The zero-order valence-electron chi connectivity index (χ0n) is 12.0. The Balaban J connectivity index is 1.81. The lowest BCUT2D eigenvalue weighted by Gasteiger charge is -2.09. The molecule has 0 unspecified atom stereocenters. The maximum atomic E-state index is 6.03. The quantitative estimate of drug-likeness (QED) is 0.789. The predicted octanol–water partition coefficient (Wildman–Crippen LogP) is 4.06. The van der Waals surface area contributed by atoms with Crippen LogP contribution in [0.25, 0.3) is 10.9 Å². The molecule has 3 aromatic rings. The van der Waals surface area contributed by atoms with E-state index in [1.165, 1.54) is 0 Å². The average molecular weight is 315 g/mol. The first-order chi connectivity index (χ1) is 10.7. The highest BCUT2D eigenvalue weighted by molar-refractivity contribution is 6.31. The van der Waals surface area contributed by atoms with E-state index in [-0.39, 0.29) is 0 Å². The Bertz CT molecular complexity index is 804. The minimum atomic E-state index is 0.405. The Morgan fingerprint density at radius 2 is 1.86 bits per heavy atom. The van der Waals surface area contributed by atoms with Crippen molar-refractivity contribution < 1.29 is 9.47 Å². The largest absolute Gasteiger partial charge is 0.497 e. The molecule has 2 aromatic carbocycles. The van der Waals surface area contributed by atoms with Crippen molar-refractivity contribution >= 4 is 28.2 Å². The van der Waals surface area contributed by atoms with Crippen molar-refractivity contribution in [2.24, 2.45) is 0 Å². The van der Waals surface area contributed by atoms with Crippen molar-refractivity contribution in [3.8, 4) is 11.6 Å². The standard InChI is InChI=1S/C17H15ClN2O2/c1-21-13-5-2-11(3-6-13)10-22-17-9-15(19)14-7-4-12(18)8-16(14)20-17/h2-9H,10H2,1H3,(H2,19,20). The molecule has 0 saturated heterocycles. The van der Waals surface area contributed by atoms with Gasteiger partial charge in [0.05, 0.1) is 12.6 Å². The Morgan fingerprint density at radius 3 is 2.59 bits per heavy atom. The fourth-order valence-electron chi connectivity index (χ4n) is 2.16. The number of halogens is 1. The number of nitrogen functional groups attached to an aromatic ring is 1. The van der Waals surface area contributed by atoms with Crippen LogP contribution in [-0.2, 0) is 6.61 Å². The van der Waals surface area contributed by atoms with E-state index < -0.39 is 0 Å². The van der Waals surface area contributed by atoms with Gasteiger partial charge in [0.15, 0.2) is 0 Å². The molecule has 0 saturated carbocycles. The summed E-state index contributed by atoms with van der Waals surface area (Å²) in [6.07, 6.45) is 0. The number of ether oxygens (including phenoxy) is 2. The molecule has 0 aliphatic carbocycles. The molecule has 4 nitrogen and oxygen atoms in total. The maximum Gasteiger partial charge on any atom is 0.216 e. The molecule has 0 radical (unpaired) electrons. The third-order valence-corrected chi connectivity index (χ3v) is 3.56. The van der Waals surface area contributed by atoms with Crippen molar-refractivity contribution in [1.82, 2.24) is 4.98 Å². The highest BCUT2D eigenvalue weighted by Gasteiger charge is 2.05. The monoisotopic (exact) mass is 314 g/mol. The molecular formula is C17H15ClN2O2. The van der Waals surface area contributed by atoms with E-state index in [4.69, 9.17) is 26.8 Å². The van der Waals surface area contributed by atoms with Crippen LogP contribution in [0.2, 0.25) is 5.02 Å². The number of benzene rings is 2. The maximum absolute atomic E-state index is 6.03. The van der Waals surface area contributed by atoms with Crippen LogP contribution in [0.5, 0.6) is 11.6 Å². The third kappa shape index (κ3) is 3.07. The average Bonchev–Trinajstić information content (AvgIpc) is 2.53. The van der Waals surface area contributed by atoms with Crippen molar-refractivity contribution in [2.75, 3.05) is 12.8 Å². The summed E-state index contributed by atoms with van der Waals surface area (Å²) >= 11 is 5.99. The van der Waals surface area contributed by atoms with Crippen LogP contribution in [0.1, 0.15) is 5.56 Å². The molecule has 0 spiro atoms. The van der Waals surface area contributed by atoms with Crippen LogP contribution >= 0.6 is 11.6 Å². The van der Waals surface area contributed by atoms with Crippen LogP contribution in [0.3, 0.4) is 0 Å². The summed E-state index contributed by atoms with van der Waals surface area (Å²) in [6.45, 7) is 0.405. The lowest BCUT2D eigenvalue weighted by molar-refractivity contribution is 0.295. The van der Waals surface area contributed by atoms with Crippen LogP contribution in [0, 0.1) is 0 Å². The molecule has 0 aliphatic rings. The molecule has 2 N–H and O–H groups in total. The Labute approximate surface area is 133 Å². The van der Waals surface area contributed by atoms with Crippen molar-refractivity contribution in [1.29, 1.82) is 0 Å². The lowest BCUT2D eigenvalue weighted by atomic mass is 10.2. The number of nitrogens with two attached hydrogens (primary N) is 1. The molecule has 0 aliphatic heterocycles. The molecule has 1 heterocycles.